The Hall–Kier alpha value is -6.12. The Morgan fingerprint density at radius 1 is 0.521 bits per heavy atom. The van der Waals surface area contributed by atoms with E-state index in [0.717, 1.165) is 22.5 Å². The van der Waals surface area contributed by atoms with Crippen LogP contribution in [0.25, 0.3) is 61.0 Å². The molecular formula is C46H38N2. The minimum atomic E-state index is 0.758. The van der Waals surface area contributed by atoms with Crippen LogP contribution in [0.15, 0.2) is 182 Å². The van der Waals surface area contributed by atoms with E-state index in [1.54, 1.807) is 0 Å². The first-order chi connectivity index (χ1) is 23.6. The number of allylic oxidation sites excluding steroid dienone is 3. The molecule has 7 aromatic rings. The summed E-state index contributed by atoms with van der Waals surface area (Å²) >= 11 is 0. The first-order valence-electron chi connectivity index (χ1n) is 16.4. The Labute approximate surface area is 283 Å². The topological polar surface area (TPSA) is 29.3 Å². The van der Waals surface area contributed by atoms with Crippen LogP contribution in [-0.4, -0.2) is 7.05 Å². The Morgan fingerprint density at radius 3 is 1.62 bits per heavy atom. The van der Waals surface area contributed by atoms with Crippen molar-refractivity contribution in [1.29, 1.82) is 0 Å². The van der Waals surface area contributed by atoms with Gasteiger partial charge >= 0.3 is 0 Å². The molecule has 0 atom stereocenters. The van der Waals surface area contributed by atoms with Gasteiger partial charge in [-0.15, -0.1) is 0 Å². The third kappa shape index (κ3) is 6.29. The second kappa shape index (κ2) is 13.7. The third-order valence-corrected chi connectivity index (χ3v) is 9.01. The van der Waals surface area contributed by atoms with Crippen molar-refractivity contribution in [1.82, 2.24) is 0 Å². The molecule has 0 aliphatic carbocycles. The average molecular weight is 619 g/mol. The van der Waals surface area contributed by atoms with E-state index in [1.165, 1.54) is 55.4 Å². The third-order valence-electron chi connectivity index (χ3n) is 9.01. The first kappa shape index (κ1) is 30.5. The molecule has 0 bridgehead atoms. The lowest BCUT2D eigenvalue weighted by molar-refractivity contribution is 1.22. The Morgan fingerprint density at radius 2 is 1.02 bits per heavy atom. The van der Waals surface area contributed by atoms with Crippen molar-refractivity contribution in [2.75, 3.05) is 11.9 Å². The Bertz CT molecular complexity index is 2210. The molecule has 7 aromatic carbocycles. The molecule has 0 radical (unpaired) electrons. The summed E-state index contributed by atoms with van der Waals surface area (Å²) < 4.78 is 0. The molecule has 0 fully saturated rings. The van der Waals surface area contributed by atoms with Gasteiger partial charge in [-0.3, -0.25) is 0 Å². The van der Waals surface area contributed by atoms with Gasteiger partial charge in [-0.25, -0.2) is 0 Å². The van der Waals surface area contributed by atoms with E-state index >= 15 is 0 Å². The van der Waals surface area contributed by atoms with E-state index in [0.29, 0.717) is 0 Å². The van der Waals surface area contributed by atoms with Crippen LogP contribution in [0, 0.1) is 0 Å². The number of para-hydroxylation sites is 1. The lowest BCUT2D eigenvalue weighted by Gasteiger charge is -2.25. The van der Waals surface area contributed by atoms with Crippen LogP contribution in [0.1, 0.15) is 12.5 Å². The smallest absolute Gasteiger partial charge is 0.0567 e. The van der Waals surface area contributed by atoms with Crippen molar-refractivity contribution < 1.29 is 0 Å². The predicted octanol–water partition coefficient (Wildman–Crippen LogP) is 12.2. The van der Waals surface area contributed by atoms with Gasteiger partial charge in [-0.05, 0) is 81.1 Å². The molecule has 48 heavy (non-hydrogen) atoms. The van der Waals surface area contributed by atoms with E-state index in [4.69, 9.17) is 5.73 Å². The largest absolute Gasteiger partial charge is 0.398 e. The van der Waals surface area contributed by atoms with Crippen LogP contribution in [-0.2, 0) is 0 Å². The highest BCUT2D eigenvalue weighted by Crippen LogP contribution is 2.42. The van der Waals surface area contributed by atoms with E-state index < -0.39 is 0 Å². The molecular weight excluding hydrogens is 581 g/mol. The molecule has 0 saturated heterocycles. The van der Waals surface area contributed by atoms with Gasteiger partial charge in [0.05, 0.1) is 5.69 Å². The van der Waals surface area contributed by atoms with Crippen molar-refractivity contribution in [3.63, 3.8) is 0 Å². The number of hydrogen-bond acceptors (Lipinski definition) is 2. The van der Waals surface area contributed by atoms with Gasteiger partial charge < -0.3 is 10.6 Å². The van der Waals surface area contributed by atoms with E-state index in [1.807, 2.05) is 25.2 Å². The maximum Gasteiger partial charge on any atom is 0.0567 e. The van der Waals surface area contributed by atoms with E-state index in [2.05, 4.69) is 176 Å². The van der Waals surface area contributed by atoms with Crippen molar-refractivity contribution in [2.45, 2.75) is 6.92 Å². The maximum absolute atomic E-state index is 6.27. The summed E-state index contributed by atoms with van der Waals surface area (Å²) in [6.07, 6.45) is 5.88. The van der Waals surface area contributed by atoms with Crippen molar-refractivity contribution in [2.24, 2.45) is 5.73 Å². The average Bonchev–Trinajstić information content (AvgIpc) is 3.17. The number of rotatable bonds is 8. The molecule has 2 N–H and O–H groups in total. The summed E-state index contributed by atoms with van der Waals surface area (Å²) in [5.74, 6) is 0. The minimum absolute atomic E-state index is 0.758. The SMILES string of the molecule is C/C=C\C=C(/N)c1ccc(-c2ccc3c(N(C)c4ccccc4)c(-c4ccc(-c5ccc(-c6ccccc6)cc5)cc4)ccc3c2)cc1. The lowest BCUT2D eigenvalue weighted by Crippen LogP contribution is -2.11. The van der Waals surface area contributed by atoms with E-state index in [9.17, 15) is 0 Å². The molecule has 0 aromatic heterocycles. The van der Waals surface area contributed by atoms with Crippen LogP contribution in [0.4, 0.5) is 11.4 Å². The fourth-order valence-electron chi connectivity index (χ4n) is 6.35. The van der Waals surface area contributed by atoms with Gasteiger partial charge in [0.15, 0.2) is 0 Å². The zero-order valence-corrected chi connectivity index (χ0v) is 27.3. The highest BCUT2D eigenvalue weighted by molar-refractivity contribution is 6.05. The number of benzene rings is 7. The van der Waals surface area contributed by atoms with Gasteiger partial charge in [0, 0.05) is 29.4 Å². The first-order valence-corrected chi connectivity index (χ1v) is 16.4. The molecule has 0 aliphatic heterocycles. The normalized spacial score (nSPS) is 11.7. The monoisotopic (exact) mass is 618 g/mol. The van der Waals surface area contributed by atoms with Crippen LogP contribution in [0.5, 0.6) is 0 Å². The number of anilines is 2. The zero-order chi connectivity index (χ0) is 32.9. The molecule has 0 unspecified atom stereocenters. The zero-order valence-electron chi connectivity index (χ0n) is 27.3. The number of fused-ring (bicyclic) bond motifs is 1. The summed E-state index contributed by atoms with van der Waals surface area (Å²) in [6, 6.07) is 58.7. The molecule has 0 amide bonds. The summed E-state index contributed by atoms with van der Waals surface area (Å²) in [7, 11) is 2.16. The fourth-order valence-corrected chi connectivity index (χ4v) is 6.35. The number of hydrogen-bond donors (Lipinski definition) is 1. The van der Waals surface area contributed by atoms with Gasteiger partial charge in [-0.1, -0.05) is 158 Å². The van der Waals surface area contributed by atoms with Crippen LogP contribution < -0.4 is 10.6 Å². The highest BCUT2D eigenvalue weighted by Gasteiger charge is 2.16. The molecule has 0 aliphatic rings. The second-order valence-corrected chi connectivity index (χ2v) is 12.0. The molecule has 0 spiro atoms. The summed E-state index contributed by atoms with van der Waals surface area (Å²) in [4.78, 5) is 2.31. The lowest BCUT2D eigenvalue weighted by atomic mass is 9.93. The van der Waals surface area contributed by atoms with Crippen LogP contribution >= 0.6 is 0 Å². The van der Waals surface area contributed by atoms with Gasteiger partial charge in [0.1, 0.15) is 0 Å². The minimum Gasteiger partial charge on any atom is -0.398 e. The van der Waals surface area contributed by atoms with Crippen molar-refractivity contribution in [3.8, 4) is 44.5 Å². The molecule has 0 saturated carbocycles. The summed E-state index contributed by atoms with van der Waals surface area (Å²) in [6.45, 7) is 1.99. The van der Waals surface area contributed by atoms with Gasteiger partial charge in [0.2, 0.25) is 0 Å². The summed E-state index contributed by atoms with van der Waals surface area (Å²) in [5, 5.41) is 2.40. The standard InChI is InChI=1S/C46H38N2/c1-3-4-15-45(47)39-26-22-37(23-27-39)40-28-30-44-41(32-40)29-31-43(46(44)48(2)42-13-9-6-10-14-42)38-24-20-36(21-25-38)35-18-16-34(17-19-35)33-11-7-5-8-12-33/h3-32H,47H2,1-2H3/b4-3-,45-15-. The predicted molar refractivity (Wildman–Crippen MR) is 207 cm³/mol. The van der Waals surface area contributed by atoms with Gasteiger partial charge in [0.25, 0.3) is 0 Å². The van der Waals surface area contributed by atoms with E-state index in [-0.39, 0.29) is 0 Å². The van der Waals surface area contributed by atoms with Crippen molar-refractivity contribution in [3.05, 3.63) is 188 Å². The van der Waals surface area contributed by atoms with Crippen LogP contribution in [0.3, 0.4) is 0 Å². The molecule has 2 heteroatoms. The van der Waals surface area contributed by atoms with Crippen LogP contribution in [0.2, 0.25) is 0 Å². The quantitative estimate of drug-likeness (QED) is 0.172. The Balaban J connectivity index is 1.25. The summed E-state index contributed by atoms with van der Waals surface area (Å²) in [5.41, 5.74) is 19.9. The second-order valence-electron chi connectivity index (χ2n) is 12.0. The fraction of sp³-hybridized carbons (Fsp3) is 0.0435. The number of nitrogens with zero attached hydrogens (tertiary/aromatic N) is 1. The van der Waals surface area contributed by atoms with Crippen molar-refractivity contribution >= 4 is 27.8 Å². The maximum atomic E-state index is 6.27. The molecule has 232 valence electrons. The molecule has 7 rings (SSSR count). The van der Waals surface area contributed by atoms with Gasteiger partial charge in [-0.2, -0.15) is 0 Å². The number of nitrogens with two attached hydrogens (primary N) is 1. The molecule has 2 nitrogen and oxygen atoms in total. The Kier molecular flexibility index (Phi) is 8.72. The highest BCUT2D eigenvalue weighted by atomic mass is 15.1. The molecule has 0 heterocycles.